The number of hydrogen-bond donors (Lipinski definition) is 1. The molecule has 2 aromatic rings. The molecule has 0 saturated carbocycles. The molecule has 0 fully saturated rings. The number of hydrogen-bond acceptors (Lipinski definition) is 3. The molecule has 1 heterocycles. The zero-order chi connectivity index (χ0) is 15.1. The predicted octanol–water partition coefficient (Wildman–Crippen LogP) is 1.70. The van der Waals surface area contributed by atoms with Crippen molar-refractivity contribution in [3.63, 3.8) is 0 Å². The average molecular weight is 280 g/mol. The second-order valence-corrected chi connectivity index (χ2v) is 4.56. The normalized spacial score (nSPS) is 9.62. The molecule has 0 aliphatic carbocycles. The maximum atomic E-state index is 12.2. The minimum absolute atomic E-state index is 0.0627. The van der Waals surface area contributed by atoms with Crippen LogP contribution in [-0.2, 0) is 6.54 Å². The van der Waals surface area contributed by atoms with Crippen molar-refractivity contribution in [2.45, 2.75) is 6.54 Å². The van der Waals surface area contributed by atoms with Crippen LogP contribution >= 0.6 is 0 Å². The van der Waals surface area contributed by atoms with E-state index in [0.717, 1.165) is 11.1 Å². The van der Waals surface area contributed by atoms with Crippen LogP contribution in [0.15, 0.2) is 48.8 Å². The van der Waals surface area contributed by atoms with Gasteiger partial charge in [-0.2, -0.15) is 0 Å². The van der Waals surface area contributed by atoms with Crippen LogP contribution in [0, 0.1) is 11.8 Å². The van der Waals surface area contributed by atoms with Crippen molar-refractivity contribution in [2.24, 2.45) is 0 Å². The van der Waals surface area contributed by atoms with E-state index in [9.17, 15) is 4.79 Å². The Morgan fingerprint density at radius 2 is 2.05 bits per heavy atom. The Kier molecular flexibility index (Phi) is 5.08. The van der Waals surface area contributed by atoms with Crippen molar-refractivity contribution in [3.05, 3.63) is 65.5 Å². The van der Waals surface area contributed by atoms with Gasteiger partial charge in [-0.1, -0.05) is 24.0 Å². The van der Waals surface area contributed by atoms with Gasteiger partial charge in [0.15, 0.2) is 0 Å². The van der Waals surface area contributed by atoms with Gasteiger partial charge < -0.3 is 10.0 Å². The number of pyridine rings is 1. The summed E-state index contributed by atoms with van der Waals surface area (Å²) in [5, 5.41) is 8.65. The Labute approximate surface area is 124 Å². The summed E-state index contributed by atoms with van der Waals surface area (Å²) in [6.07, 6.45) is 3.20. The van der Waals surface area contributed by atoms with Gasteiger partial charge in [-0.15, -0.1) is 0 Å². The van der Waals surface area contributed by atoms with Gasteiger partial charge in [0, 0.05) is 31.5 Å². The maximum absolute atomic E-state index is 12.2. The molecule has 1 N–H and O–H groups in total. The van der Waals surface area contributed by atoms with E-state index in [0.29, 0.717) is 12.1 Å². The summed E-state index contributed by atoms with van der Waals surface area (Å²) in [5.41, 5.74) is 2.43. The molecule has 0 spiro atoms. The van der Waals surface area contributed by atoms with Crippen LogP contribution in [0.4, 0.5) is 0 Å². The Bertz CT molecular complexity index is 655. The second-order valence-electron chi connectivity index (χ2n) is 4.56. The number of rotatable bonds is 3. The molecule has 0 unspecified atom stereocenters. The van der Waals surface area contributed by atoms with Crippen molar-refractivity contribution in [2.75, 3.05) is 13.7 Å². The SMILES string of the molecule is CN(Cc1ccc(C#CCO)cc1)C(=O)c1cccnc1. The lowest BCUT2D eigenvalue weighted by Gasteiger charge is -2.17. The summed E-state index contributed by atoms with van der Waals surface area (Å²) in [7, 11) is 1.76. The molecule has 0 bridgehead atoms. The third-order valence-corrected chi connectivity index (χ3v) is 2.94. The topological polar surface area (TPSA) is 53.4 Å². The van der Waals surface area contributed by atoms with Gasteiger partial charge in [-0.05, 0) is 29.8 Å². The van der Waals surface area contributed by atoms with E-state index in [1.807, 2.05) is 24.3 Å². The number of aromatic nitrogens is 1. The highest BCUT2D eigenvalue weighted by atomic mass is 16.2. The van der Waals surface area contributed by atoms with Gasteiger partial charge in [0.05, 0.1) is 5.56 Å². The van der Waals surface area contributed by atoms with Crippen molar-refractivity contribution in [3.8, 4) is 11.8 Å². The Balaban J connectivity index is 2.02. The van der Waals surface area contributed by atoms with E-state index in [1.54, 1.807) is 36.5 Å². The van der Waals surface area contributed by atoms with Crippen LogP contribution in [0.3, 0.4) is 0 Å². The Morgan fingerprint density at radius 3 is 2.67 bits per heavy atom. The highest BCUT2D eigenvalue weighted by Gasteiger charge is 2.11. The highest BCUT2D eigenvalue weighted by molar-refractivity contribution is 5.93. The summed E-state index contributed by atoms with van der Waals surface area (Å²) >= 11 is 0. The molecule has 2 rings (SSSR count). The molecule has 4 heteroatoms. The Morgan fingerprint density at radius 1 is 1.29 bits per heavy atom. The molecule has 1 aromatic heterocycles. The van der Waals surface area contributed by atoms with Crippen LogP contribution in [-0.4, -0.2) is 34.6 Å². The van der Waals surface area contributed by atoms with Gasteiger partial charge in [-0.25, -0.2) is 0 Å². The molecule has 0 saturated heterocycles. The van der Waals surface area contributed by atoms with Gasteiger partial charge in [0.1, 0.15) is 6.61 Å². The lowest BCUT2D eigenvalue weighted by Crippen LogP contribution is -2.26. The first-order valence-corrected chi connectivity index (χ1v) is 6.55. The zero-order valence-electron chi connectivity index (χ0n) is 11.8. The second kappa shape index (κ2) is 7.22. The first-order valence-electron chi connectivity index (χ1n) is 6.55. The molecule has 0 radical (unpaired) electrons. The summed E-state index contributed by atoms with van der Waals surface area (Å²) in [4.78, 5) is 17.8. The van der Waals surface area contributed by atoms with Crippen molar-refractivity contribution in [1.82, 2.24) is 9.88 Å². The fourth-order valence-electron chi connectivity index (χ4n) is 1.89. The standard InChI is InChI=1S/C17H16N2O2/c1-19(17(21)16-5-2-10-18-12-16)13-15-8-6-14(7-9-15)4-3-11-20/h2,5-10,12,20H,11,13H2,1H3. The number of carbonyl (C=O) groups excluding carboxylic acids is 1. The minimum Gasteiger partial charge on any atom is -0.384 e. The molecule has 1 amide bonds. The number of aliphatic hydroxyl groups excluding tert-OH is 1. The Hall–Kier alpha value is -2.64. The number of benzene rings is 1. The average Bonchev–Trinajstić information content (AvgIpc) is 2.54. The van der Waals surface area contributed by atoms with E-state index in [-0.39, 0.29) is 12.5 Å². The summed E-state index contributed by atoms with van der Waals surface area (Å²) in [6, 6.07) is 11.1. The fourth-order valence-corrected chi connectivity index (χ4v) is 1.89. The van der Waals surface area contributed by atoms with E-state index in [1.165, 1.54) is 0 Å². The lowest BCUT2D eigenvalue weighted by atomic mass is 10.1. The fraction of sp³-hybridized carbons (Fsp3) is 0.176. The first-order chi connectivity index (χ1) is 10.2. The third kappa shape index (κ3) is 4.16. The van der Waals surface area contributed by atoms with Crippen LogP contribution in [0.25, 0.3) is 0 Å². The van der Waals surface area contributed by atoms with Crippen LogP contribution < -0.4 is 0 Å². The molecular formula is C17H16N2O2. The van der Waals surface area contributed by atoms with Gasteiger partial charge in [0.25, 0.3) is 5.91 Å². The molecule has 106 valence electrons. The number of amides is 1. The van der Waals surface area contributed by atoms with Gasteiger partial charge >= 0.3 is 0 Å². The van der Waals surface area contributed by atoms with Crippen molar-refractivity contribution in [1.29, 1.82) is 0 Å². The van der Waals surface area contributed by atoms with Gasteiger partial charge in [-0.3, -0.25) is 9.78 Å². The molecule has 4 nitrogen and oxygen atoms in total. The van der Waals surface area contributed by atoms with E-state index in [4.69, 9.17) is 5.11 Å². The number of nitrogens with zero attached hydrogens (tertiary/aromatic N) is 2. The molecular weight excluding hydrogens is 264 g/mol. The highest BCUT2D eigenvalue weighted by Crippen LogP contribution is 2.09. The number of carbonyl (C=O) groups is 1. The van der Waals surface area contributed by atoms with Gasteiger partial charge in [0.2, 0.25) is 0 Å². The molecule has 0 atom stereocenters. The number of aliphatic hydroxyl groups is 1. The smallest absolute Gasteiger partial charge is 0.255 e. The molecule has 21 heavy (non-hydrogen) atoms. The summed E-state index contributed by atoms with van der Waals surface area (Å²) < 4.78 is 0. The molecule has 0 aliphatic heterocycles. The first kappa shape index (κ1) is 14.8. The minimum atomic E-state index is -0.149. The van der Waals surface area contributed by atoms with E-state index < -0.39 is 0 Å². The monoisotopic (exact) mass is 280 g/mol. The quantitative estimate of drug-likeness (QED) is 0.871. The van der Waals surface area contributed by atoms with Crippen molar-refractivity contribution < 1.29 is 9.90 Å². The van der Waals surface area contributed by atoms with Crippen molar-refractivity contribution >= 4 is 5.91 Å². The maximum Gasteiger partial charge on any atom is 0.255 e. The summed E-state index contributed by atoms with van der Waals surface area (Å²) in [6.45, 7) is 0.367. The van der Waals surface area contributed by atoms with E-state index >= 15 is 0 Å². The molecule has 1 aromatic carbocycles. The van der Waals surface area contributed by atoms with Crippen LogP contribution in [0.5, 0.6) is 0 Å². The predicted molar refractivity (Wildman–Crippen MR) is 80.4 cm³/mol. The third-order valence-electron chi connectivity index (χ3n) is 2.94. The van der Waals surface area contributed by atoms with Crippen LogP contribution in [0.2, 0.25) is 0 Å². The summed E-state index contributed by atoms with van der Waals surface area (Å²) in [5.74, 6) is 5.37. The zero-order valence-corrected chi connectivity index (χ0v) is 11.8. The van der Waals surface area contributed by atoms with Crippen LogP contribution in [0.1, 0.15) is 21.5 Å². The largest absolute Gasteiger partial charge is 0.384 e. The van der Waals surface area contributed by atoms with E-state index in [2.05, 4.69) is 16.8 Å². The molecule has 0 aliphatic rings. The lowest BCUT2D eigenvalue weighted by molar-refractivity contribution is 0.0784.